The minimum Gasteiger partial charge on any atom is -0.490 e. The van der Waals surface area contributed by atoms with Crippen LogP contribution in [0.5, 0.6) is 11.5 Å². The highest BCUT2D eigenvalue weighted by Gasteiger charge is 2.15. The van der Waals surface area contributed by atoms with E-state index in [-0.39, 0.29) is 24.5 Å². The molecule has 0 saturated heterocycles. The third-order valence-electron chi connectivity index (χ3n) is 4.41. The SMILES string of the molecule is O=C(OCn1nnc2ccccc2c1=O)c1ccccc1OCCOc1ccccc1. The molecule has 0 unspecified atom stereocenters. The molecule has 4 rings (SSSR count). The fraction of sp³-hybridized carbons (Fsp3) is 0.130. The van der Waals surface area contributed by atoms with Crippen molar-refractivity contribution in [1.29, 1.82) is 0 Å². The van der Waals surface area contributed by atoms with Gasteiger partial charge in [-0.05, 0) is 36.4 Å². The molecular weight excluding hydrogens is 398 g/mol. The maximum absolute atomic E-state index is 12.6. The first-order valence-corrected chi connectivity index (χ1v) is 9.62. The van der Waals surface area contributed by atoms with Crippen LogP contribution in [0.2, 0.25) is 0 Å². The van der Waals surface area contributed by atoms with Gasteiger partial charge >= 0.3 is 5.97 Å². The third-order valence-corrected chi connectivity index (χ3v) is 4.41. The van der Waals surface area contributed by atoms with Gasteiger partial charge in [0.2, 0.25) is 0 Å². The van der Waals surface area contributed by atoms with Gasteiger partial charge in [-0.3, -0.25) is 4.79 Å². The van der Waals surface area contributed by atoms with Gasteiger partial charge < -0.3 is 14.2 Å². The highest BCUT2D eigenvalue weighted by molar-refractivity contribution is 5.92. The lowest BCUT2D eigenvalue weighted by molar-refractivity contribution is 0.0331. The van der Waals surface area contributed by atoms with Crippen LogP contribution < -0.4 is 15.0 Å². The van der Waals surface area contributed by atoms with E-state index in [2.05, 4.69) is 10.3 Å². The predicted molar refractivity (Wildman–Crippen MR) is 113 cm³/mol. The van der Waals surface area contributed by atoms with Crippen molar-refractivity contribution >= 4 is 16.9 Å². The summed E-state index contributed by atoms with van der Waals surface area (Å²) in [5, 5.41) is 8.18. The fourth-order valence-electron chi connectivity index (χ4n) is 2.89. The van der Waals surface area contributed by atoms with E-state index in [1.807, 2.05) is 30.3 Å². The van der Waals surface area contributed by atoms with Crippen LogP contribution in [0.25, 0.3) is 10.9 Å². The van der Waals surface area contributed by atoms with Crippen LogP contribution in [0.4, 0.5) is 0 Å². The molecule has 8 heteroatoms. The maximum atomic E-state index is 12.6. The van der Waals surface area contributed by atoms with Crippen molar-refractivity contribution in [3.63, 3.8) is 0 Å². The van der Waals surface area contributed by atoms with Crippen molar-refractivity contribution in [2.24, 2.45) is 0 Å². The minimum atomic E-state index is -0.638. The smallest absolute Gasteiger partial charge is 0.343 e. The molecule has 31 heavy (non-hydrogen) atoms. The van der Waals surface area contributed by atoms with Gasteiger partial charge in [-0.15, -0.1) is 5.10 Å². The Morgan fingerprint density at radius 3 is 2.42 bits per heavy atom. The monoisotopic (exact) mass is 417 g/mol. The van der Waals surface area contributed by atoms with Gasteiger partial charge in [0.15, 0.2) is 6.73 Å². The summed E-state index contributed by atoms with van der Waals surface area (Å²) in [5.41, 5.74) is 0.330. The van der Waals surface area contributed by atoms with E-state index in [9.17, 15) is 9.59 Å². The highest BCUT2D eigenvalue weighted by Crippen LogP contribution is 2.19. The van der Waals surface area contributed by atoms with Crippen LogP contribution in [0.1, 0.15) is 10.4 Å². The molecule has 3 aromatic carbocycles. The summed E-state index contributed by atoms with van der Waals surface area (Å²) in [4.78, 5) is 25.0. The van der Waals surface area contributed by atoms with Crippen molar-refractivity contribution in [2.75, 3.05) is 13.2 Å². The lowest BCUT2D eigenvalue weighted by Gasteiger charge is -2.12. The third kappa shape index (κ3) is 4.87. The Bertz CT molecular complexity index is 1240. The van der Waals surface area contributed by atoms with Crippen molar-refractivity contribution in [1.82, 2.24) is 15.0 Å². The van der Waals surface area contributed by atoms with E-state index in [0.29, 0.717) is 23.3 Å². The van der Waals surface area contributed by atoms with Gasteiger partial charge in [-0.25, -0.2) is 4.79 Å². The molecule has 0 bridgehead atoms. The summed E-state index contributed by atoms with van der Waals surface area (Å²) in [6.45, 7) is 0.200. The average molecular weight is 417 g/mol. The molecule has 0 aliphatic heterocycles. The largest absolute Gasteiger partial charge is 0.490 e. The molecule has 0 atom stereocenters. The summed E-state index contributed by atoms with van der Waals surface area (Å²) >= 11 is 0. The number of benzene rings is 3. The molecule has 0 amide bonds. The zero-order chi connectivity index (χ0) is 21.5. The number of rotatable bonds is 8. The van der Waals surface area contributed by atoms with Gasteiger partial charge in [0, 0.05) is 0 Å². The Morgan fingerprint density at radius 1 is 0.839 bits per heavy atom. The van der Waals surface area contributed by atoms with Crippen molar-refractivity contribution in [3.8, 4) is 11.5 Å². The Kier molecular flexibility index (Phi) is 6.18. The second-order valence-electron chi connectivity index (χ2n) is 6.48. The van der Waals surface area contributed by atoms with Crippen LogP contribution in [0, 0.1) is 0 Å². The summed E-state index contributed by atoms with van der Waals surface area (Å²) in [5.74, 6) is 0.461. The molecule has 4 aromatic rings. The molecule has 1 aromatic heterocycles. The van der Waals surface area contributed by atoms with E-state index in [1.165, 1.54) is 0 Å². The molecule has 0 radical (unpaired) electrons. The average Bonchev–Trinajstić information content (AvgIpc) is 2.82. The number of hydrogen-bond acceptors (Lipinski definition) is 7. The van der Waals surface area contributed by atoms with Crippen LogP contribution in [-0.2, 0) is 11.5 Å². The molecule has 0 aliphatic carbocycles. The zero-order valence-corrected chi connectivity index (χ0v) is 16.5. The maximum Gasteiger partial charge on any atom is 0.343 e. The number of para-hydroxylation sites is 2. The van der Waals surface area contributed by atoms with E-state index in [1.54, 1.807) is 48.5 Å². The number of hydrogen-bond donors (Lipinski definition) is 0. The fourth-order valence-corrected chi connectivity index (χ4v) is 2.89. The number of nitrogens with zero attached hydrogens (tertiary/aromatic N) is 3. The highest BCUT2D eigenvalue weighted by atomic mass is 16.6. The summed E-state index contributed by atoms with van der Waals surface area (Å²) in [6.07, 6.45) is 0. The number of fused-ring (bicyclic) bond motifs is 1. The lowest BCUT2D eigenvalue weighted by atomic mass is 10.2. The number of carbonyl (C=O) groups excluding carboxylic acids is 1. The van der Waals surface area contributed by atoms with Gasteiger partial charge in [-0.2, -0.15) is 4.68 Å². The van der Waals surface area contributed by atoms with Gasteiger partial charge in [0.1, 0.15) is 35.8 Å². The molecule has 1 heterocycles. The Hall–Kier alpha value is -4.20. The predicted octanol–water partition coefficient (Wildman–Crippen LogP) is 3.06. The molecule has 156 valence electrons. The molecule has 0 N–H and O–H groups in total. The van der Waals surface area contributed by atoms with E-state index < -0.39 is 5.97 Å². The van der Waals surface area contributed by atoms with Crippen molar-refractivity contribution < 1.29 is 19.0 Å². The summed E-state index contributed by atoms with van der Waals surface area (Å²) in [6, 6.07) is 22.9. The molecule has 0 fully saturated rings. The topological polar surface area (TPSA) is 92.5 Å². The number of esters is 1. The second kappa shape index (κ2) is 9.53. The van der Waals surface area contributed by atoms with Crippen LogP contribution in [0.3, 0.4) is 0 Å². The first kappa shape index (κ1) is 20.1. The van der Waals surface area contributed by atoms with Crippen LogP contribution in [0.15, 0.2) is 83.7 Å². The molecular formula is C23H19N3O5. The van der Waals surface area contributed by atoms with E-state index in [4.69, 9.17) is 14.2 Å². The Labute approximate surface area is 177 Å². The van der Waals surface area contributed by atoms with E-state index in [0.717, 1.165) is 10.4 Å². The summed E-state index contributed by atoms with van der Waals surface area (Å²) < 4.78 is 17.5. The standard InChI is InChI=1S/C23H19N3O5/c27-22-18-10-4-6-12-20(18)24-25-26(22)16-31-23(28)19-11-5-7-13-21(19)30-15-14-29-17-8-2-1-3-9-17/h1-13H,14-16H2. The number of aromatic nitrogens is 3. The van der Waals surface area contributed by atoms with Gasteiger partial charge in [0.05, 0.1) is 5.39 Å². The Balaban J connectivity index is 1.38. The van der Waals surface area contributed by atoms with Gasteiger partial charge in [-0.1, -0.05) is 47.7 Å². The first-order chi connectivity index (χ1) is 15.2. The molecule has 0 aliphatic rings. The number of ether oxygens (including phenoxy) is 3. The van der Waals surface area contributed by atoms with Crippen LogP contribution >= 0.6 is 0 Å². The van der Waals surface area contributed by atoms with E-state index >= 15 is 0 Å². The molecule has 8 nitrogen and oxygen atoms in total. The Morgan fingerprint density at radius 2 is 1.55 bits per heavy atom. The quantitative estimate of drug-likeness (QED) is 0.321. The number of carbonyl (C=O) groups is 1. The molecule has 0 spiro atoms. The van der Waals surface area contributed by atoms with Crippen molar-refractivity contribution in [2.45, 2.75) is 6.73 Å². The summed E-state index contributed by atoms with van der Waals surface area (Å²) in [7, 11) is 0. The normalized spacial score (nSPS) is 10.6. The zero-order valence-electron chi connectivity index (χ0n) is 16.5. The molecule has 0 saturated carbocycles. The van der Waals surface area contributed by atoms with Gasteiger partial charge in [0.25, 0.3) is 5.56 Å². The van der Waals surface area contributed by atoms with Crippen LogP contribution in [-0.4, -0.2) is 34.2 Å². The second-order valence-corrected chi connectivity index (χ2v) is 6.48. The first-order valence-electron chi connectivity index (χ1n) is 9.62. The van der Waals surface area contributed by atoms with Crippen molar-refractivity contribution in [3.05, 3.63) is 94.8 Å². The lowest BCUT2D eigenvalue weighted by Crippen LogP contribution is -2.26. The minimum absolute atomic E-state index is 0.240.